The van der Waals surface area contributed by atoms with Gasteiger partial charge in [0.25, 0.3) is 0 Å². The molecular weight excluding hydrogens is 160 g/mol. The summed E-state index contributed by atoms with van der Waals surface area (Å²) in [5.74, 6) is 0. The van der Waals surface area contributed by atoms with Crippen molar-refractivity contribution in [2.24, 2.45) is 0 Å². The number of hydrogen-bond acceptors (Lipinski definition) is 2. The largest absolute Gasteiger partial charge is 0.373 e. The highest BCUT2D eigenvalue weighted by Gasteiger charge is 2.18. The van der Waals surface area contributed by atoms with Crippen LogP contribution in [0.15, 0.2) is 24.7 Å². The molecule has 68 valence electrons. The van der Waals surface area contributed by atoms with Crippen molar-refractivity contribution in [3.05, 3.63) is 35.8 Å². The van der Waals surface area contributed by atoms with E-state index in [4.69, 9.17) is 0 Å². The van der Waals surface area contributed by atoms with Gasteiger partial charge in [-0.05, 0) is 31.1 Å². The topological polar surface area (TPSA) is 16.1 Å². The van der Waals surface area contributed by atoms with Crippen LogP contribution in [0.3, 0.4) is 0 Å². The third-order valence-electron chi connectivity index (χ3n) is 2.74. The van der Waals surface area contributed by atoms with Crippen LogP contribution in [0.1, 0.15) is 31.0 Å². The number of rotatable bonds is 0. The molecule has 0 saturated carbocycles. The van der Waals surface area contributed by atoms with E-state index in [2.05, 4.69) is 43.0 Å². The quantitative estimate of drug-likeness (QED) is 0.600. The van der Waals surface area contributed by atoms with Gasteiger partial charge in [-0.25, -0.2) is 0 Å². The molecule has 0 bridgehead atoms. The zero-order valence-corrected chi connectivity index (χ0v) is 8.28. The summed E-state index contributed by atoms with van der Waals surface area (Å²) in [6.07, 6.45) is 6.01. The highest BCUT2D eigenvalue weighted by atomic mass is 15.1. The monoisotopic (exact) mass is 174 g/mol. The Kier molecular flexibility index (Phi) is 1.83. The van der Waals surface area contributed by atoms with E-state index >= 15 is 0 Å². The van der Waals surface area contributed by atoms with Crippen molar-refractivity contribution in [1.29, 1.82) is 0 Å². The lowest BCUT2D eigenvalue weighted by Gasteiger charge is -2.30. The Labute approximate surface area is 78.9 Å². The molecule has 1 unspecified atom stereocenters. The molecule has 0 spiro atoms. The third-order valence-corrected chi connectivity index (χ3v) is 2.74. The maximum atomic E-state index is 4.16. The minimum atomic E-state index is 0.437. The Hall–Kier alpha value is -1.31. The van der Waals surface area contributed by atoms with Crippen molar-refractivity contribution in [3.63, 3.8) is 0 Å². The molecule has 1 aromatic rings. The third kappa shape index (κ3) is 1.22. The average Bonchev–Trinajstić information content (AvgIpc) is 2.15. The normalized spacial score (nSPS) is 21.0. The van der Waals surface area contributed by atoms with Gasteiger partial charge in [0.1, 0.15) is 0 Å². The second-order valence-corrected chi connectivity index (χ2v) is 3.62. The molecule has 0 fully saturated rings. The smallest absolute Gasteiger partial charge is 0.0526 e. The number of pyridine rings is 1. The van der Waals surface area contributed by atoms with Gasteiger partial charge >= 0.3 is 0 Å². The molecule has 0 N–H and O–H groups in total. The van der Waals surface area contributed by atoms with Crippen LogP contribution < -0.4 is 0 Å². The summed E-state index contributed by atoms with van der Waals surface area (Å²) in [5.41, 5.74) is 3.98. The summed E-state index contributed by atoms with van der Waals surface area (Å²) in [5, 5.41) is 0. The van der Waals surface area contributed by atoms with E-state index in [1.807, 2.05) is 12.4 Å². The first-order valence-electron chi connectivity index (χ1n) is 4.55. The lowest BCUT2D eigenvalue weighted by atomic mass is 9.95. The average molecular weight is 174 g/mol. The van der Waals surface area contributed by atoms with Gasteiger partial charge in [-0.1, -0.05) is 0 Å². The Balaban J connectivity index is 2.58. The lowest BCUT2D eigenvalue weighted by molar-refractivity contribution is 0.355. The van der Waals surface area contributed by atoms with Gasteiger partial charge in [-0.15, -0.1) is 0 Å². The zero-order valence-electron chi connectivity index (χ0n) is 8.28. The van der Waals surface area contributed by atoms with Crippen LogP contribution in [0.4, 0.5) is 0 Å². The van der Waals surface area contributed by atoms with E-state index in [-0.39, 0.29) is 0 Å². The number of hydrogen-bond donors (Lipinski definition) is 0. The number of fused-ring (bicyclic) bond motifs is 1. The number of allylic oxidation sites excluding steroid dienone is 1. The number of aromatic nitrogens is 1. The fourth-order valence-corrected chi connectivity index (χ4v) is 1.80. The molecule has 0 aromatic carbocycles. The standard InChI is InChI=1S/C11H14N2/c1-8-7-13(3)9(2)11-6-12-5-4-10(8)11/h4-7,9H,1-3H3. The highest BCUT2D eigenvalue weighted by Crippen LogP contribution is 2.31. The summed E-state index contributed by atoms with van der Waals surface area (Å²) >= 11 is 0. The molecule has 1 aliphatic rings. The van der Waals surface area contributed by atoms with Gasteiger partial charge in [-0.3, -0.25) is 4.98 Å². The predicted octanol–water partition coefficient (Wildman–Crippen LogP) is 2.45. The molecule has 2 heteroatoms. The molecule has 2 heterocycles. The second kappa shape index (κ2) is 2.87. The Morgan fingerprint density at radius 1 is 1.46 bits per heavy atom. The van der Waals surface area contributed by atoms with E-state index < -0.39 is 0 Å². The maximum Gasteiger partial charge on any atom is 0.0526 e. The first-order chi connectivity index (χ1) is 6.20. The molecule has 2 rings (SSSR count). The summed E-state index contributed by atoms with van der Waals surface area (Å²) in [6.45, 7) is 4.34. The van der Waals surface area contributed by atoms with Crippen molar-refractivity contribution in [2.45, 2.75) is 19.9 Å². The van der Waals surface area contributed by atoms with Crippen LogP contribution in [0.25, 0.3) is 5.57 Å². The van der Waals surface area contributed by atoms with Gasteiger partial charge in [0, 0.05) is 31.2 Å². The molecule has 13 heavy (non-hydrogen) atoms. The minimum absolute atomic E-state index is 0.437. The fraction of sp³-hybridized carbons (Fsp3) is 0.364. The predicted molar refractivity (Wildman–Crippen MR) is 54.1 cm³/mol. The van der Waals surface area contributed by atoms with Gasteiger partial charge in [0.15, 0.2) is 0 Å². The van der Waals surface area contributed by atoms with Crippen LogP contribution in [0, 0.1) is 0 Å². The SMILES string of the molecule is CC1=CN(C)C(C)c2cnccc21. The van der Waals surface area contributed by atoms with Crippen molar-refractivity contribution in [3.8, 4) is 0 Å². The molecule has 0 radical (unpaired) electrons. The Morgan fingerprint density at radius 2 is 2.23 bits per heavy atom. The highest BCUT2D eigenvalue weighted by molar-refractivity contribution is 5.68. The second-order valence-electron chi connectivity index (χ2n) is 3.62. The summed E-state index contributed by atoms with van der Waals surface area (Å²) in [4.78, 5) is 6.38. The zero-order chi connectivity index (χ0) is 9.42. The van der Waals surface area contributed by atoms with Crippen LogP contribution in [-0.4, -0.2) is 16.9 Å². The molecule has 1 aliphatic heterocycles. The molecular formula is C11H14N2. The molecule has 0 amide bonds. The van der Waals surface area contributed by atoms with Gasteiger partial charge < -0.3 is 4.90 Å². The molecule has 2 nitrogen and oxygen atoms in total. The van der Waals surface area contributed by atoms with E-state index in [1.54, 1.807) is 0 Å². The first kappa shape index (κ1) is 8.30. The minimum Gasteiger partial charge on any atom is -0.373 e. The van der Waals surface area contributed by atoms with Crippen LogP contribution in [0.5, 0.6) is 0 Å². The Bertz CT molecular complexity index is 355. The van der Waals surface area contributed by atoms with Gasteiger partial charge in [0.2, 0.25) is 0 Å². The molecule has 1 atom stereocenters. The van der Waals surface area contributed by atoms with Crippen LogP contribution in [0.2, 0.25) is 0 Å². The maximum absolute atomic E-state index is 4.16. The van der Waals surface area contributed by atoms with Gasteiger partial charge in [-0.2, -0.15) is 0 Å². The van der Waals surface area contributed by atoms with E-state index in [0.29, 0.717) is 6.04 Å². The summed E-state index contributed by atoms with van der Waals surface area (Å²) < 4.78 is 0. The first-order valence-corrected chi connectivity index (χ1v) is 4.55. The van der Waals surface area contributed by atoms with Crippen molar-refractivity contribution >= 4 is 5.57 Å². The summed E-state index contributed by atoms with van der Waals surface area (Å²) in [6, 6.07) is 2.53. The molecule has 0 aliphatic carbocycles. The van der Waals surface area contributed by atoms with Crippen molar-refractivity contribution in [1.82, 2.24) is 9.88 Å². The van der Waals surface area contributed by atoms with Crippen molar-refractivity contribution < 1.29 is 0 Å². The Morgan fingerprint density at radius 3 is 3.00 bits per heavy atom. The van der Waals surface area contributed by atoms with E-state index in [0.717, 1.165) is 0 Å². The number of nitrogens with zero attached hydrogens (tertiary/aromatic N) is 2. The van der Waals surface area contributed by atoms with Crippen LogP contribution >= 0.6 is 0 Å². The molecule has 0 saturated heterocycles. The summed E-state index contributed by atoms with van der Waals surface area (Å²) in [7, 11) is 2.10. The molecule has 1 aromatic heterocycles. The lowest BCUT2D eigenvalue weighted by Crippen LogP contribution is -2.21. The van der Waals surface area contributed by atoms with Gasteiger partial charge in [0.05, 0.1) is 6.04 Å². The fourth-order valence-electron chi connectivity index (χ4n) is 1.80. The van der Waals surface area contributed by atoms with Crippen LogP contribution in [-0.2, 0) is 0 Å². The van der Waals surface area contributed by atoms with E-state index in [9.17, 15) is 0 Å². The van der Waals surface area contributed by atoms with Crippen molar-refractivity contribution in [2.75, 3.05) is 7.05 Å². The van der Waals surface area contributed by atoms with E-state index in [1.165, 1.54) is 16.7 Å².